The lowest BCUT2D eigenvalue weighted by atomic mass is 9.89. The topological polar surface area (TPSA) is 55.8 Å². The molecule has 1 aliphatic carbocycles. The quantitative estimate of drug-likeness (QED) is 0.312. The van der Waals surface area contributed by atoms with Crippen LogP contribution in [0.25, 0.3) is 6.08 Å². The largest absolute Gasteiger partial charge is 0.493 e. The average Bonchev–Trinajstić information content (AvgIpc) is 3.07. The van der Waals surface area contributed by atoms with Gasteiger partial charge in [-0.1, -0.05) is 47.3 Å². The van der Waals surface area contributed by atoms with Gasteiger partial charge in [0, 0.05) is 11.0 Å². The van der Waals surface area contributed by atoms with Crippen molar-refractivity contribution in [2.24, 2.45) is 5.92 Å². The lowest BCUT2D eigenvalue weighted by Gasteiger charge is -2.25. The number of halogens is 2. The number of amides is 2. The first-order valence-corrected chi connectivity index (χ1v) is 13.3. The van der Waals surface area contributed by atoms with Crippen LogP contribution in [0.4, 0.5) is 4.79 Å². The van der Waals surface area contributed by atoms with Gasteiger partial charge in [0.15, 0.2) is 11.5 Å². The Kier molecular flexibility index (Phi) is 8.20. The Morgan fingerprint density at radius 3 is 2.52 bits per heavy atom. The number of rotatable bonds is 7. The van der Waals surface area contributed by atoms with Crippen molar-refractivity contribution >= 4 is 60.8 Å². The number of ether oxygens (including phenoxy) is 2. The Balaban J connectivity index is 1.49. The number of nitrogens with zero attached hydrogens (tertiary/aromatic N) is 1. The molecule has 174 valence electrons. The van der Waals surface area contributed by atoms with E-state index in [1.54, 1.807) is 13.2 Å². The van der Waals surface area contributed by atoms with Crippen molar-refractivity contribution in [2.45, 2.75) is 38.7 Å². The van der Waals surface area contributed by atoms with E-state index in [2.05, 4.69) is 31.9 Å². The molecule has 5 nitrogen and oxygen atoms in total. The molecule has 1 aliphatic heterocycles. The summed E-state index contributed by atoms with van der Waals surface area (Å²) in [6.07, 6.45) is 7.54. The summed E-state index contributed by atoms with van der Waals surface area (Å²) in [6.45, 7) is 0.916. The summed E-state index contributed by atoms with van der Waals surface area (Å²) in [7, 11) is 1.58. The zero-order valence-electron chi connectivity index (χ0n) is 18.3. The maximum absolute atomic E-state index is 12.9. The second kappa shape index (κ2) is 11.1. The predicted octanol–water partition coefficient (Wildman–Crippen LogP) is 7.42. The van der Waals surface area contributed by atoms with Crippen LogP contribution < -0.4 is 9.47 Å². The molecule has 8 heteroatoms. The number of methoxy groups -OCH3 is 1. The van der Waals surface area contributed by atoms with Crippen LogP contribution in [-0.4, -0.2) is 29.7 Å². The molecule has 1 heterocycles. The monoisotopic (exact) mass is 593 g/mol. The second-order valence-electron chi connectivity index (χ2n) is 8.25. The summed E-state index contributed by atoms with van der Waals surface area (Å²) in [5, 5.41) is -0.183. The molecule has 2 amide bonds. The van der Waals surface area contributed by atoms with Gasteiger partial charge >= 0.3 is 0 Å². The van der Waals surface area contributed by atoms with E-state index in [-0.39, 0.29) is 11.1 Å². The van der Waals surface area contributed by atoms with Crippen molar-refractivity contribution in [3.8, 4) is 11.5 Å². The van der Waals surface area contributed by atoms with Gasteiger partial charge in [0.1, 0.15) is 6.61 Å². The summed E-state index contributed by atoms with van der Waals surface area (Å²) < 4.78 is 13.3. The number of benzene rings is 2. The third-order valence-corrected chi connectivity index (χ3v) is 7.91. The van der Waals surface area contributed by atoms with Gasteiger partial charge < -0.3 is 9.47 Å². The van der Waals surface area contributed by atoms with E-state index in [4.69, 9.17) is 9.47 Å². The lowest BCUT2D eigenvalue weighted by Crippen LogP contribution is -2.34. The molecule has 2 aliphatic rings. The van der Waals surface area contributed by atoms with Crippen molar-refractivity contribution in [2.75, 3.05) is 13.7 Å². The number of carbonyl (C=O) groups excluding carboxylic acids is 2. The Morgan fingerprint density at radius 1 is 1.09 bits per heavy atom. The van der Waals surface area contributed by atoms with Crippen molar-refractivity contribution in [1.29, 1.82) is 0 Å². The molecule has 0 N–H and O–H groups in total. The minimum atomic E-state index is -0.207. The fraction of sp³-hybridized carbons (Fsp3) is 0.360. The number of hydrogen-bond donors (Lipinski definition) is 0. The minimum Gasteiger partial charge on any atom is -0.493 e. The van der Waals surface area contributed by atoms with Gasteiger partial charge in [0.05, 0.1) is 16.5 Å². The van der Waals surface area contributed by atoms with Crippen molar-refractivity contribution < 1.29 is 19.1 Å². The van der Waals surface area contributed by atoms with Gasteiger partial charge in [0.2, 0.25) is 0 Å². The van der Waals surface area contributed by atoms with Gasteiger partial charge in [-0.25, -0.2) is 0 Å². The Bertz CT molecular complexity index is 1060. The summed E-state index contributed by atoms with van der Waals surface area (Å²) in [5.74, 6) is 1.35. The molecule has 0 bridgehead atoms. The highest BCUT2D eigenvalue weighted by Crippen LogP contribution is 2.40. The molecule has 2 fully saturated rings. The van der Waals surface area contributed by atoms with E-state index >= 15 is 0 Å². The molecule has 0 atom stereocenters. The van der Waals surface area contributed by atoms with Gasteiger partial charge in [0.25, 0.3) is 11.1 Å². The van der Waals surface area contributed by atoms with Gasteiger partial charge in [-0.2, -0.15) is 0 Å². The third kappa shape index (κ3) is 6.03. The molecule has 1 saturated heterocycles. The molecule has 2 aromatic rings. The maximum atomic E-state index is 12.9. The molecule has 0 radical (unpaired) electrons. The highest BCUT2D eigenvalue weighted by molar-refractivity contribution is 9.10. The third-order valence-electron chi connectivity index (χ3n) is 5.89. The normalized spacial score (nSPS) is 18.3. The molecule has 0 spiro atoms. The van der Waals surface area contributed by atoms with Gasteiger partial charge in [-0.05, 0) is 87.9 Å². The average molecular weight is 595 g/mol. The van der Waals surface area contributed by atoms with Crippen LogP contribution in [-0.2, 0) is 11.4 Å². The van der Waals surface area contributed by atoms with Crippen LogP contribution in [0.5, 0.6) is 11.5 Å². The Hall–Kier alpha value is -1.77. The van der Waals surface area contributed by atoms with Crippen LogP contribution in [0.2, 0.25) is 0 Å². The zero-order valence-corrected chi connectivity index (χ0v) is 22.3. The summed E-state index contributed by atoms with van der Waals surface area (Å²) >= 11 is 8.00. The zero-order chi connectivity index (χ0) is 23.4. The van der Waals surface area contributed by atoms with Crippen molar-refractivity contribution in [3.63, 3.8) is 0 Å². The number of thioether (sulfide) groups is 1. The SMILES string of the molecule is COc1cc(/C=C2/SC(=O)N(CC3CCCCC3)C2=O)cc(Br)c1OCc1ccc(Br)cc1. The first-order chi connectivity index (χ1) is 15.9. The van der Waals surface area contributed by atoms with Crippen LogP contribution in [0, 0.1) is 5.92 Å². The van der Waals surface area contributed by atoms with E-state index < -0.39 is 0 Å². The molecule has 33 heavy (non-hydrogen) atoms. The molecular weight excluding hydrogens is 570 g/mol. The fourth-order valence-corrected chi connectivity index (χ4v) is 5.82. The van der Waals surface area contributed by atoms with Crippen LogP contribution in [0.1, 0.15) is 43.2 Å². The number of hydrogen-bond acceptors (Lipinski definition) is 5. The molecule has 0 unspecified atom stereocenters. The number of carbonyl (C=O) groups is 2. The first kappa shape index (κ1) is 24.4. The fourth-order valence-electron chi connectivity index (χ4n) is 4.14. The van der Waals surface area contributed by atoms with E-state index in [0.717, 1.165) is 40.2 Å². The predicted molar refractivity (Wildman–Crippen MR) is 138 cm³/mol. The van der Waals surface area contributed by atoms with Crippen LogP contribution >= 0.6 is 43.6 Å². The Morgan fingerprint density at radius 2 is 1.82 bits per heavy atom. The summed E-state index contributed by atoms with van der Waals surface area (Å²) in [4.78, 5) is 27.3. The smallest absolute Gasteiger partial charge is 0.293 e. The Labute approximate surface area is 215 Å². The van der Waals surface area contributed by atoms with Crippen LogP contribution in [0.3, 0.4) is 0 Å². The van der Waals surface area contributed by atoms with E-state index in [1.807, 2.05) is 36.4 Å². The molecule has 4 rings (SSSR count). The van der Waals surface area contributed by atoms with E-state index in [0.29, 0.717) is 39.9 Å². The van der Waals surface area contributed by atoms with E-state index in [1.165, 1.54) is 24.2 Å². The lowest BCUT2D eigenvalue weighted by molar-refractivity contribution is -0.123. The standard InChI is InChI=1S/C25H25Br2NO4S/c1-31-21-12-18(11-20(27)23(21)32-15-17-7-9-19(26)10-8-17)13-22-24(29)28(25(30)33-22)14-16-5-3-2-4-6-16/h7-13,16H,2-6,14-15H2,1H3/b22-13+. The van der Waals surface area contributed by atoms with Crippen LogP contribution in [0.15, 0.2) is 50.2 Å². The first-order valence-electron chi connectivity index (χ1n) is 10.9. The second-order valence-corrected chi connectivity index (χ2v) is 11.0. The van der Waals surface area contributed by atoms with Gasteiger partial charge in [-0.3, -0.25) is 14.5 Å². The van der Waals surface area contributed by atoms with Gasteiger partial charge in [-0.15, -0.1) is 0 Å². The molecule has 0 aromatic heterocycles. The van der Waals surface area contributed by atoms with Crippen molar-refractivity contribution in [1.82, 2.24) is 4.90 Å². The van der Waals surface area contributed by atoms with Crippen molar-refractivity contribution in [3.05, 3.63) is 61.4 Å². The highest BCUT2D eigenvalue weighted by Gasteiger charge is 2.36. The molecule has 2 aromatic carbocycles. The highest BCUT2D eigenvalue weighted by atomic mass is 79.9. The maximum Gasteiger partial charge on any atom is 0.293 e. The minimum absolute atomic E-state index is 0.183. The molecular formula is C25H25Br2NO4S. The summed E-state index contributed by atoms with van der Waals surface area (Å²) in [6, 6.07) is 11.6. The molecule has 1 saturated carbocycles. The summed E-state index contributed by atoms with van der Waals surface area (Å²) in [5.41, 5.74) is 1.79. The van der Waals surface area contributed by atoms with E-state index in [9.17, 15) is 9.59 Å². The number of imide groups is 1.